The number of nitrogens with one attached hydrogen (secondary N) is 1. The van der Waals surface area contributed by atoms with E-state index in [1.54, 1.807) is 37.4 Å². The molecule has 2 aromatic rings. The van der Waals surface area contributed by atoms with Crippen LogP contribution in [0.15, 0.2) is 18.7 Å². The van der Waals surface area contributed by atoms with Gasteiger partial charge in [-0.2, -0.15) is 15.0 Å². The molecule has 0 radical (unpaired) electrons. The van der Waals surface area contributed by atoms with Gasteiger partial charge < -0.3 is 15.0 Å². The lowest BCUT2D eigenvalue weighted by atomic mass is 10.3. The predicted octanol–water partition coefficient (Wildman–Crippen LogP) is 0.324. The average molecular weight is 275 g/mol. The van der Waals surface area contributed by atoms with Crippen LogP contribution in [0.3, 0.4) is 0 Å². The normalized spacial score (nSPS) is 18.5. The summed E-state index contributed by atoms with van der Waals surface area (Å²) in [6.07, 6.45) is 6.39. The van der Waals surface area contributed by atoms with E-state index < -0.39 is 0 Å². The second kappa shape index (κ2) is 5.41. The largest absolute Gasteiger partial charge is 0.380 e. The van der Waals surface area contributed by atoms with Gasteiger partial charge in [-0.25, -0.2) is 4.98 Å². The topological polar surface area (TPSA) is 81.0 Å². The summed E-state index contributed by atoms with van der Waals surface area (Å²) in [6.45, 7) is 1.68. The summed E-state index contributed by atoms with van der Waals surface area (Å²) in [6, 6.07) is 0. The van der Waals surface area contributed by atoms with E-state index in [2.05, 4.69) is 30.2 Å². The first-order valence-corrected chi connectivity index (χ1v) is 6.50. The summed E-state index contributed by atoms with van der Waals surface area (Å²) >= 11 is 0. The fourth-order valence-corrected chi connectivity index (χ4v) is 2.20. The Kier molecular flexibility index (Phi) is 3.46. The highest BCUT2D eigenvalue weighted by Gasteiger charge is 2.25. The third kappa shape index (κ3) is 2.42. The van der Waals surface area contributed by atoms with Crippen LogP contribution in [0.1, 0.15) is 6.42 Å². The van der Waals surface area contributed by atoms with Gasteiger partial charge in [0.05, 0.1) is 6.10 Å². The molecule has 0 spiro atoms. The van der Waals surface area contributed by atoms with Crippen molar-refractivity contribution < 1.29 is 4.74 Å². The minimum absolute atomic E-state index is 0.237. The molecule has 0 saturated carbocycles. The molecule has 106 valence electrons. The number of rotatable bonds is 4. The SMILES string of the molecule is CNc1nc(N2CCC(OC)C2)nc(-n2ccnc2)n1. The minimum atomic E-state index is 0.237. The lowest BCUT2D eigenvalue weighted by Crippen LogP contribution is -2.25. The van der Waals surface area contributed by atoms with Crippen LogP contribution in [-0.2, 0) is 4.74 Å². The standard InChI is InChI=1S/C12H17N7O/c1-13-10-15-11(18-5-3-9(7-18)20-2)17-12(16-10)19-6-4-14-8-19/h4,6,8-9H,3,5,7H2,1-2H3,(H,13,15,16,17). The fourth-order valence-electron chi connectivity index (χ4n) is 2.20. The molecule has 1 aliphatic heterocycles. The lowest BCUT2D eigenvalue weighted by molar-refractivity contribution is 0.121. The molecule has 8 nitrogen and oxygen atoms in total. The number of imidazole rings is 1. The van der Waals surface area contributed by atoms with Gasteiger partial charge in [0.1, 0.15) is 6.33 Å². The third-order valence-corrected chi connectivity index (χ3v) is 3.33. The van der Waals surface area contributed by atoms with Gasteiger partial charge in [-0.15, -0.1) is 0 Å². The first kappa shape index (κ1) is 12.8. The fraction of sp³-hybridized carbons (Fsp3) is 0.500. The van der Waals surface area contributed by atoms with Crippen molar-refractivity contribution in [3.63, 3.8) is 0 Å². The molecule has 8 heteroatoms. The molecule has 1 atom stereocenters. The Morgan fingerprint density at radius 3 is 2.80 bits per heavy atom. The van der Waals surface area contributed by atoms with E-state index in [0.29, 0.717) is 17.8 Å². The van der Waals surface area contributed by atoms with Crippen LogP contribution in [0.5, 0.6) is 0 Å². The van der Waals surface area contributed by atoms with Gasteiger partial charge in [0.15, 0.2) is 0 Å². The minimum Gasteiger partial charge on any atom is -0.380 e. The van der Waals surface area contributed by atoms with E-state index in [1.165, 1.54) is 0 Å². The number of aromatic nitrogens is 5. The Morgan fingerprint density at radius 1 is 1.30 bits per heavy atom. The number of hydrogen-bond donors (Lipinski definition) is 1. The molecule has 0 aromatic carbocycles. The van der Waals surface area contributed by atoms with E-state index in [4.69, 9.17) is 4.74 Å². The molecule has 3 heterocycles. The van der Waals surface area contributed by atoms with Crippen molar-refractivity contribution in [3.8, 4) is 5.95 Å². The number of ether oxygens (including phenoxy) is 1. The van der Waals surface area contributed by atoms with Crippen LogP contribution >= 0.6 is 0 Å². The maximum absolute atomic E-state index is 5.38. The zero-order chi connectivity index (χ0) is 13.9. The quantitative estimate of drug-likeness (QED) is 0.860. The molecule has 1 saturated heterocycles. The van der Waals surface area contributed by atoms with Crippen molar-refractivity contribution in [2.75, 3.05) is 37.5 Å². The van der Waals surface area contributed by atoms with Gasteiger partial charge in [-0.1, -0.05) is 0 Å². The Bertz CT molecular complexity index is 571. The number of methoxy groups -OCH3 is 1. The first-order chi connectivity index (χ1) is 9.80. The van der Waals surface area contributed by atoms with Gasteiger partial charge in [-0.3, -0.25) is 4.57 Å². The Morgan fingerprint density at radius 2 is 2.15 bits per heavy atom. The molecular weight excluding hydrogens is 258 g/mol. The molecule has 0 bridgehead atoms. The molecule has 1 fully saturated rings. The van der Waals surface area contributed by atoms with Gasteiger partial charge in [-0.05, 0) is 6.42 Å². The van der Waals surface area contributed by atoms with Crippen molar-refractivity contribution in [2.45, 2.75) is 12.5 Å². The summed E-state index contributed by atoms with van der Waals surface area (Å²) in [5.74, 6) is 1.75. The van der Waals surface area contributed by atoms with Gasteiger partial charge in [0, 0.05) is 39.6 Å². The average Bonchev–Trinajstić information content (AvgIpc) is 3.17. The van der Waals surface area contributed by atoms with Crippen LogP contribution in [0.2, 0.25) is 0 Å². The third-order valence-electron chi connectivity index (χ3n) is 3.33. The van der Waals surface area contributed by atoms with Gasteiger partial charge in [0.25, 0.3) is 0 Å². The van der Waals surface area contributed by atoms with E-state index >= 15 is 0 Å². The highest BCUT2D eigenvalue weighted by molar-refractivity contribution is 5.40. The van der Waals surface area contributed by atoms with Gasteiger partial charge in [0.2, 0.25) is 17.8 Å². The van der Waals surface area contributed by atoms with Crippen molar-refractivity contribution in [3.05, 3.63) is 18.7 Å². The molecule has 20 heavy (non-hydrogen) atoms. The second-order valence-electron chi connectivity index (χ2n) is 4.57. The molecule has 0 amide bonds. The van der Waals surface area contributed by atoms with Crippen molar-refractivity contribution >= 4 is 11.9 Å². The van der Waals surface area contributed by atoms with E-state index in [1.807, 2.05) is 0 Å². The van der Waals surface area contributed by atoms with Crippen molar-refractivity contribution in [2.24, 2.45) is 0 Å². The van der Waals surface area contributed by atoms with E-state index in [-0.39, 0.29) is 6.10 Å². The zero-order valence-corrected chi connectivity index (χ0v) is 11.5. The Hall–Kier alpha value is -2.22. The van der Waals surface area contributed by atoms with Crippen LogP contribution in [0.4, 0.5) is 11.9 Å². The van der Waals surface area contributed by atoms with Crippen LogP contribution in [-0.4, -0.2) is 57.9 Å². The lowest BCUT2D eigenvalue weighted by Gasteiger charge is -2.17. The summed E-state index contributed by atoms with van der Waals surface area (Å²) in [4.78, 5) is 19.4. The highest BCUT2D eigenvalue weighted by Crippen LogP contribution is 2.19. The highest BCUT2D eigenvalue weighted by atomic mass is 16.5. The van der Waals surface area contributed by atoms with Crippen molar-refractivity contribution in [1.82, 2.24) is 24.5 Å². The molecule has 3 rings (SSSR count). The van der Waals surface area contributed by atoms with Crippen LogP contribution in [0, 0.1) is 0 Å². The summed E-state index contributed by atoms with van der Waals surface area (Å²) in [5, 5.41) is 2.96. The molecule has 1 unspecified atom stereocenters. The van der Waals surface area contributed by atoms with Crippen LogP contribution < -0.4 is 10.2 Å². The monoisotopic (exact) mass is 275 g/mol. The maximum Gasteiger partial charge on any atom is 0.241 e. The number of anilines is 2. The summed E-state index contributed by atoms with van der Waals surface area (Å²) < 4.78 is 7.14. The number of hydrogen-bond acceptors (Lipinski definition) is 7. The smallest absolute Gasteiger partial charge is 0.241 e. The number of nitrogens with zero attached hydrogens (tertiary/aromatic N) is 6. The predicted molar refractivity (Wildman–Crippen MR) is 74.1 cm³/mol. The van der Waals surface area contributed by atoms with Gasteiger partial charge >= 0.3 is 0 Å². The summed E-state index contributed by atoms with van der Waals surface area (Å²) in [5.41, 5.74) is 0. The van der Waals surface area contributed by atoms with E-state index in [0.717, 1.165) is 19.5 Å². The molecule has 1 N–H and O–H groups in total. The molecule has 1 aliphatic rings. The van der Waals surface area contributed by atoms with E-state index in [9.17, 15) is 0 Å². The molecule has 0 aliphatic carbocycles. The Balaban J connectivity index is 1.93. The second-order valence-corrected chi connectivity index (χ2v) is 4.57. The molecule has 2 aromatic heterocycles. The van der Waals surface area contributed by atoms with Crippen molar-refractivity contribution in [1.29, 1.82) is 0 Å². The summed E-state index contributed by atoms with van der Waals surface area (Å²) in [7, 11) is 3.52. The van der Waals surface area contributed by atoms with Crippen LogP contribution in [0.25, 0.3) is 5.95 Å². The Labute approximate surface area is 116 Å². The molecular formula is C12H17N7O. The maximum atomic E-state index is 5.38. The first-order valence-electron chi connectivity index (χ1n) is 6.50. The zero-order valence-electron chi connectivity index (χ0n) is 11.5.